The van der Waals surface area contributed by atoms with E-state index < -0.39 is 5.97 Å². The van der Waals surface area contributed by atoms with Gasteiger partial charge in [-0.3, -0.25) is 0 Å². The van der Waals surface area contributed by atoms with Gasteiger partial charge in [-0.25, -0.2) is 4.79 Å². The number of carboxylic acid groups (broad SMARTS) is 1. The minimum atomic E-state index is -0.967. The zero-order valence-electron chi connectivity index (χ0n) is 9.31. The minimum absolute atomic E-state index is 0.0331. The first-order valence-electron chi connectivity index (χ1n) is 4.93. The highest BCUT2D eigenvalue weighted by atomic mass is 16.5. The second kappa shape index (κ2) is 5.80. The van der Waals surface area contributed by atoms with Crippen LogP contribution in [-0.4, -0.2) is 18.2 Å². The van der Waals surface area contributed by atoms with Gasteiger partial charge < -0.3 is 15.2 Å². The quantitative estimate of drug-likeness (QED) is 0.746. The maximum absolute atomic E-state index is 10.3. The first-order chi connectivity index (χ1) is 7.63. The molecule has 0 aliphatic heterocycles. The highest BCUT2D eigenvalue weighted by Gasteiger charge is 2.03. The van der Waals surface area contributed by atoms with Crippen LogP contribution in [0.1, 0.15) is 18.5 Å². The van der Waals surface area contributed by atoms with Gasteiger partial charge in [0.1, 0.15) is 5.75 Å². The van der Waals surface area contributed by atoms with Gasteiger partial charge in [0.2, 0.25) is 0 Å². The van der Waals surface area contributed by atoms with Crippen molar-refractivity contribution in [3.8, 4) is 5.75 Å². The van der Waals surface area contributed by atoms with Crippen LogP contribution in [0.4, 0.5) is 0 Å². The SMILES string of the molecule is COc1cccc([C@@H](C)N/C=C/C(=O)O)c1. The maximum Gasteiger partial charge on any atom is 0.329 e. The van der Waals surface area contributed by atoms with E-state index in [2.05, 4.69) is 5.32 Å². The summed E-state index contributed by atoms with van der Waals surface area (Å²) >= 11 is 0. The van der Waals surface area contributed by atoms with E-state index in [0.29, 0.717) is 0 Å². The molecule has 1 aromatic rings. The van der Waals surface area contributed by atoms with Crippen molar-refractivity contribution in [3.05, 3.63) is 42.1 Å². The maximum atomic E-state index is 10.3. The average molecular weight is 221 g/mol. The predicted octanol–water partition coefficient (Wildman–Crippen LogP) is 1.94. The highest BCUT2D eigenvalue weighted by molar-refractivity contribution is 5.79. The lowest BCUT2D eigenvalue weighted by molar-refractivity contribution is -0.131. The van der Waals surface area contributed by atoms with Crippen LogP contribution in [-0.2, 0) is 4.79 Å². The number of hydrogen-bond donors (Lipinski definition) is 2. The molecule has 0 spiro atoms. The zero-order valence-corrected chi connectivity index (χ0v) is 9.31. The standard InChI is InChI=1S/C12H15NO3/c1-9(13-7-6-12(14)15)10-4-3-5-11(8-10)16-2/h3-9,13H,1-2H3,(H,14,15)/b7-6+/t9-/m1/s1. The molecule has 0 saturated heterocycles. The predicted molar refractivity (Wildman–Crippen MR) is 61.3 cm³/mol. The number of hydrogen-bond acceptors (Lipinski definition) is 3. The van der Waals surface area contributed by atoms with Crippen molar-refractivity contribution >= 4 is 5.97 Å². The number of carbonyl (C=O) groups is 1. The van der Waals surface area contributed by atoms with Crippen LogP contribution in [0.3, 0.4) is 0 Å². The molecule has 4 heteroatoms. The largest absolute Gasteiger partial charge is 0.497 e. The molecule has 0 heterocycles. The van der Waals surface area contributed by atoms with E-state index in [0.717, 1.165) is 17.4 Å². The fourth-order valence-electron chi connectivity index (χ4n) is 1.27. The van der Waals surface area contributed by atoms with Gasteiger partial charge in [0.15, 0.2) is 0 Å². The van der Waals surface area contributed by atoms with E-state index in [1.807, 2.05) is 31.2 Å². The van der Waals surface area contributed by atoms with Gasteiger partial charge in [0, 0.05) is 18.3 Å². The molecule has 0 bridgehead atoms. The Morgan fingerprint density at radius 1 is 1.56 bits per heavy atom. The summed E-state index contributed by atoms with van der Waals surface area (Å²) in [5.41, 5.74) is 1.04. The van der Waals surface area contributed by atoms with Gasteiger partial charge in [0.25, 0.3) is 0 Å². The molecular weight excluding hydrogens is 206 g/mol. The van der Waals surface area contributed by atoms with E-state index in [-0.39, 0.29) is 6.04 Å². The number of carboxylic acids is 1. The number of nitrogens with one attached hydrogen (secondary N) is 1. The Kier molecular flexibility index (Phi) is 4.39. The number of methoxy groups -OCH3 is 1. The molecule has 1 atom stereocenters. The van der Waals surface area contributed by atoms with Crippen molar-refractivity contribution in [1.82, 2.24) is 5.32 Å². The Morgan fingerprint density at radius 2 is 2.31 bits per heavy atom. The molecule has 0 radical (unpaired) electrons. The summed E-state index contributed by atoms with van der Waals surface area (Å²) in [5, 5.41) is 11.4. The monoisotopic (exact) mass is 221 g/mol. The van der Waals surface area contributed by atoms with Crippen LogP contribution in [0.5, 0.6) is 5.75 Å². The first kappa shape index (κ1) is 12.1. The fraction of sp³-hybridized carbons (Fsp3) is 0.250. The Hall–Kier alpha value is -1.97. The van der Waals surface area contributed by atoms with Crippen LogP contribution in [0.15, 0.2) is 36.5 Å². The molecule has 0 aliphatic carbocycles. The third-order valence-electron chi connectivity index (χ3n) is 2.17. The van der Waals surface area contributed by atoms with Gasteiger partial charge >= 0.3 is 5.97 Å². The lowest BCUT2D eigenvalue weighted by Crippen LogP contribution is -2.12. The van der Waals surface area contributed by atoms with Crippen LogP contribution < -0.4 is 10.1 Å². The van der Waals surface area contributed by atoms with Crippen LogP contribution >= 0.6 is 0 Å². The van der Waals surface area contributed by atoms with E-state index in [4.69, 9.17) is 9.84 Å². The molecule has 0 amide bonds. The summed E-state index contributed by atoms with van der Waals surface area (Å²) in [5.74, 6) is -0.182. The topological polar surface area (TPSA) is 58.6 Å². The summed E-state index contributed by atoms with van der Waals surface area (Å²) in [7, 11) is 1.61. The van der Waals surface area contributed by atoms with Gasteiger partial charge in [-0.05, 0) is 24.6 Å². The number of ether oxygens (including phenoxy) is 1. The van der Waals surface area contributed by atoms with E-state index >= 15 is 0 Å². The second-order valence-corrected chi connectivity index (χ2v) is 3.34. The van der Waals surface area contributed by atoms with Crippen LogP contribution in [0, 0.1) is 0 Å². The van der Waals surface area contributed by atoms with Crippen molar-refractivity contribution in [2.24, 2.45) is 0 Å². The first-order valence-corrected chi connectivity index (χ1v) is 4.93. The van der Waals surface area contributed by atoms with E-state index in [1.54, 1.807) is 7.11 Å². The molecule has 0 saturated carbocycles. The lowest BCUT2D eigenvalue weighted by atomic mass is 10.1. The van der Waals surface area contributed by atoms with Crippen LogP contribution in [0.2, 0.25) is 0 Å². The Labute approximate surface area is 94.6 Å². The number of rotatable bonds is 5. The highest BCUT2D eigenvalue weighted by Crippen LogP contribution is 2.18. The third-order valence-corrected chi connectivity index (χ3v) is 2.17. The molecule has 0 aromatic heterocycles. The third kappa shape index (κ3) is 3.65. The molecule has 16 heavy (non-hydrogen) atoms. The molecular formula is C12H15NO3. The van der Waals surface area contributed by atoms with E-state index in [9.17, 15) is 4.79 Å². The molecule has 2 N–H and O–H groups in total. The smallest absolute Gasteiger partial charge is 0.329 e. The Morgan fingerprint density at radius 3 is 2.94 bits per heavy atom. The minimum Gasteiger partial charge on any atom is -0.497 e. The lowest BCUT2D eigenvalue weighted by Gasteiger charge is -2.12. The number of aliphatic carboxylic acids is 1. The Balaban J connectivity index is 2.65. The summed E-state index contributed by atoms with van der Waals surface area (Å²) in [6.07, 6.45) is 2.49. The van der Waals surface area contributed by atoms with Gasteiger partial charge in [0.05, 0.1) is 7.11 Å². The second-order valence-electron chi connectivity index (χ2n) is 3.34. The van der Waals surface area contributed by atoms with Gasteiger partial charge in [-0.15, -0.1) is 0 Å². The van der Waals surface area contributed by atoms with Crippen molar-refractivity contribution < 1.29 is 14.6 Å². The van der Waals surface area contributed by atoms with Crippen LogP contribution in [0.25, 0.3) is 0 Å². The summed E-state index contributed by atoms with van der Waals surface area (Å²) < 4.78 is 5.11. The normalized spacial score (nSPS) is 12.4. The van der Waals surface area contributed by atoms with Gasteiger partial charge in [-0.1, -0.05) is 12.1 Å². The van der Waals surface area contributed by atoms with Crippen molar-refractivity contribution in [1.29, 1.82) is 0 Å². The molecule has 0 unspecified atom stereocenters. The zero-order chi connectivity index (χ0) is 12.0. The number of benzene rings is 1. The van der Waals surface area contributed by atoms with Crippen molar-refractivity contribution in [2.45, 2.75) is 13.0 Å². The fourth-order valence-corrected chi connectivity index (χ4v) is 1.27. The van der Waals surface area contributed by atoms with E-state index in [1.165, 1.54) is 6.20 Å². The van der Waals surface area contributed by atoms with Gasteiger partial charge in [-0.2, -0.15) is 0 Å². The summed E-state index contributed by atoms with van der Waals surface area (Å²) in [6, 6.07) is 7.66. The van der Waals surface area contributed by atoms with Crippen molar-refractivity contribution in [2.75, 3.05) is 7.11 Å². The molecule has 0 fully saturated rings. The molecule has 86 valence electrons. The average Bonchev–Trinajstić information content (AvgIpc) is 2.28. The Bertz CT molecular complexity index is 388. The summed E-state index contributed by atoms with van der Waals surface area (Å²) in [4.78, 5) is 10.3. The summed E-state index contributed by atoms with van der Waals surface area (Å²) in [6.45, 7) is 1.95. The molecule has 4 nitrogen and oxygen atoms in total. The molecule has 1 aromatic carbocycles. The molecule has 0 aliphatic rings. The molecule has 1 rings (SSSR count). The van der Waals surface area contributed by atoms with Crippen molar-refractivity contribution in [3.63, 3.8) is 0 Å².